The van der Waals surface area contributed by atoms with Crippen LogP contribution in [0.3, 0.4) is 0 Å². The van der Waals surface area contributed by atoms with Gasteiger partial charge in [0.25, 0.3) is 5.91 Å². The molecule has 2 aliphatic rings. The summed E-state index contributed by atoms with van der Waals surface area (Å²) in [7, 11) is 5.27. The van der Waals surface area contributed by atoms with Crippen LogP contribution in [0.5, 0.6) is 0 Å². The molecule has 0 aromatic carbocycles. The number of hydrogen-bond acceptors (Lipinski definition) is 7. The van der Waals surface area contributed by atoms with E-state index in [1.54, 1.807) is 24.9 Å². The van der Waals surface area contributed by atoms with Crippen LogP contribution in [-0.2, 0) is 9.47 Å². The summed E-state index contributed by atoms with van der Waals surface area (Å²) in [5.74, 6) is 0.554. The maximum atomic E-state index is 13.1. The summed E-state index contributed by atoms with van der Waals surface area (Å²) in [6.45, 7) is 0. The molecule has 2 fully saturated rings. The molecule has 1 amide bonds. The van der Waals surface area contributed by atoms with Crippen LogP contribution < -0.4 is 10.6 Å². The molecule has 6 rings (SSSR count). The Labute approximate surface area is 202 Å². The van der Waals surface area contributed by atoms with E-state index in [9.17, 15) is 4.79 Å². The second-order valence-corrected chi connectivity index (χ2v) is 9.31. The molecule has 10 nitrogen and oxygen atoms in total. The highest BCUT2D eigenvalue weighted by atomic mass is 16.5. The highest BCUT2D eigenvalue weighted by Gasteiger charge is 2.34. The van der Waals surface area contributed by atoms with Gasteiger partial charge in [0, 0.05) is 56.7 Å². The van der Waals surface area contributed by atoms with Gasteiger partial charge in [0.2, 0.25) is 0 Å². The van der Waals surface area contributed by atoms with E-state index in [1.165, 1.54) is 0 Å². The average molecular weight is 476 g/mol. The van der Waals surface area contributed by atoms with Gasteiger partial charge in [0.15, 0.2) is 5.65 Å². The number of hydrogen-bond donors (Lipinski definition) is 2. The Morgan fingerprint density at radius 3 is 2.74 bits per heavy atom. The first-order chi connectivity index (χ1) is 17.1. The molecule has 0 radical (unpaired) electrons. The summed E-state index contributed by atoms with van der Waals surface area (Å²) >= 11 is 0. The number of anilines is 1. The molecule has 0 aliphatic heterocycles. The summed E-state index contributed by atoms with van der Waals surface area (Å²) < 4.78 is 14.8. The van der Waals surface area contributed by atoms with Gasteiger partial charge in [-0.1, -0.05) is 0 Å². The molecule has 182 valence electrons. The normalized spacial score (nSPS) is 23.7. The van der Waals surface area contributed by atoms with Crippen molar-refractivity contribution < 1.29 is 14.3 Å². The van der Waals surface area contributed by atoms with Crippen LogP contribution in [0.15, 0.2) is 36.8 Å². The molecule has 2 atom stereocenters. The first-order valence-corrected chi connectivity index (χ1v) is 12.0. The fraction of sp³-hybridized carbons (Fsp3) is 0.440. The molecule has 2 saturated carbocycles. The predicted octanol–water partition coefficient (Wildman–Crippen LogP) is 3.04. The van der Waals surface area contributed by atoms with E-state index in [0.717, 1.165) is 53.8 Å². The topological polar surface area (TPSA) is 108 Å². The Balaban J connectivity index is 1.42. The van der Waals surface area contributed by atoms with Gasteiger partial charge in [-0.2, -0.15) is 9.61 Å². The molecule has 2 N–H and O–H groups in total. The molecule has 4 aromatic heterocycles. The number of ether oxygens (including phenoxy) is 2. The van der Waals surface area contributed by atoms with Crippen molar-refractivity contribution in [1.82, 2.24) is 29.5 Å². The van der Waals surface area contributed by atoms with Gasteiger partial charge < -0.3 is 24.7 Å². The zero-order valence-corrected chi connectivity index (χ0v) is 20.1. The van der Waals surface area contributed by atoms with Gasteiger partial charge in [0.05, 0.1) is 30.1 Å². The number of amides is 1. The SMILES string of the molecule is CNc1cc(-c2cn([C@H]3C[C@@H](OC)C3)c3ncccc23)nc2c(C(=O)N[C@H]3CC[C@@H]3OC)cnn12. The molecule has 4 aromatic rings. The van der Waals surface area contributed by atoms with E-state index in [1.807, 2.05) is 25.4 Å². The quantitative estimate of drug-likeness (QED) is 0.423. The lowest BCUT2D eigenvalue weighted by Crippen LogP contribution is -2.51. The van der Waals surface area contributed by atoms with E-state index in [4.69, 9.17) is 14.5 Å². The number of nitrogens with one attached hydrogen (secondary N) is 2. The first-order valence-electron chi connectivity index (χ1n) is 12.0. The van der Waals surface area contributed by atoms with Gasteiger partial charge in [0.1, 0.15) is 17.0 Å². The molecule has 0 unspecified atom stereocenters. The minimum Gasteiger partial charge on any atom is -0.381 e. The van der Waals surface area contributed by atoms with Crippen LogP contribution >= 0.6 is 0 Å². The third-order valence-corrected chi connectivity index (χ3v) is 7.47. The highest BCUT2D eigenvalue weighted by molar-refractivity contribution is 6.01. The lowest BCUT2D eigenvalue weighted by atomic mass is 9.89. The molecule has 0 saturated heterocycles. The lowest BCUT2D eigenvalue weighted by Gasteiger charge is -2.35. The number of rotatable bonds is 7. The minimum absolute atomic E-state index is 0.0110. The summed E-state index contributed by atoms with van der Waals surface area (Å²) in [6.07, 6.45) is 9.64. The van der Waals surface area contributed by atoms with Crippen molar-refractivity contribution in [2.45, 2.75) is 50.0 Å². The fourth-order valence-corrected chi connectivity index (χ4v) is 5.12. The summed E-state index contributed by atoms with van der Waals surface area (Å²) in [4.78, 5) is 22.7. The van der Waals surface area contributed by atoms with Crippen LogP contribution in [0.1, 0.15) is 42.1 Å². The molecule has 2 aliphatic carbocycles. The zero-order chi connectivity index (χ0) is 24.1. The minimum atomic E-state index is -0.192. The molecule has 0 spiro atoms. The molecule has 0 bridgehead atoms. The van der Waals surface area contributed by atoms with Gasteiger partial charge in [-0.3, -0.25) is 4.79 Å². The summed E-state index contributed by atoms with van der Waals surface area (Å²) in [5, 5.41) is 11.7. The van der Waals surface area contributed by atoms with E-state index >= 15 is 0 Å². The number of nitrogens with zero attached hydrogens (tertiary/aromatic N) is 5. The van der Waals surface area contributed by atoms with Crippen molar-refractivity contribution in [3.63, 3.8) is 0 Å². The highest BCUT2D eigenvalue weighted by Crippen LogP contribution is 2.39. The molecular weight excluding hydrogens is 446 g/mol. The zero-order valence-electron chi connectivity index (χ0n) is 20.1. The molecule has 35 heavy (non-hydrogen) atoms. The Bertz CT molecular complexity index is 1400. The van der Waals surface area contributed by atoms with Crippen molar-refractivity contribution in [2.24, 2.45) is 0 Å². The number of fused-ring (bicyclic) bond motifs is 2. The fourth-order valence-electron chi connectivity index (χ4n) is 5.12. The smallest absolute Gasteiger partial charge is 0.257 e. The monoisotopic (exact) mass is 475 g/mol. The second kappa shape index (κ2) is 8.62. The molecular formula is C25H29N7O3. The average Bonchev–Trinajstić information content (AvgIpc) is 3.43. The van der Waals surface area contributed by atoms with Gasteiger partial charge in [-0.05, 0) is 37.8 Å². The van der Waals surface area contributed by atoms with Crippen LogP contribution in [0.25, 0.3) is 27.9 Å². The van der Waals surface area contributed by atoms with Crippen molar-refractivity contribution in [3.8, 4) is 11.3 Å². The van der Waals surface area contributed by atoms with Crippen LogP contribution in [0, 0.1) is 0 Å². The van der Waals surface area contributed by atoms with Crippen LogP contribution in [0.4, 0.5) is 5.82 Å². The molecule has 10 heteroatoms. The van der Waals surface area contributed by atoms with E-state index in [-0.39, 0.29) is 24.2 Å². The van der Waals surface area contributed by atoms with Gasteiger partial charge in [-0.25, -0.2) is 9.97 Å². The van der Waals surface area contributed by atoms with Crippen molar-refractivity contribution in [3.05, 3.63) is 42.4 Å². The second-order valence-electron chi connectivity index (χ2n) is 9.31. The van der Waals surface area contributed by atoms with E-state index < -0.39 is 0 Å². The number of methoxy groups -OCH3 is 2. The third-order valence-electron chi connectivity index (χ3n) is 7.47. The Morgan fingerprint density at radius 1 is 1.17 bits per heavy atom. The molecule has 4 heterocycles. The van der Waals surface area contributed by atoms with E-state index in [0.29, 0.717) is 17.3 Å². The van der Waals surface area contributed by atoms with Crippen molar-refractivity contribution in [1.29, 1.82) is 0 Å². The first kappa shape index (κ1) is 22.0. The third kappa shape index (κ3) is 3.55. The Kier molecular flexibility index (Phi) is 5.42. The number of aromatic nitrogens is 5. The van der Waals surface area contributed by atoms with Gasteiger partial charge in [-0.15, -0.1) is 0 Å². The number of carbonyl (C=O) groups excluding carboxylic acids is 1. The Morgan fingerprint density at radius 2 is 2.03 bits per heavy atom. The maximum absolute atomic E-state index is 13.1. The predicted molar refractivity (Wildman–Crippen MR) is 132 cm³/mol. The van der Waals surface area contributed by atoms with Crippen molar-refractivity contribution >= 4 is 28.4 Å². The van der Waals surface area contributed by atoms with Crippen LogP contribution in [0.2, 0.25) is 0 Å². The summed E-state index contributed by atoms with van der Waals surface area (Å²) in [6, 6.07) is 6.31. The van der Waals surface area contributed by atoms with Crippen LogP contribution in [-0.4, -0.2) is 69.6 Å². The van der Waals surface area contributed by atoms with Crippen molar-refractivity contribution in [2.75, 3.05) is 26.6 Å². The largest absolute Gasteiger partial charge is 0.381 e. The number of pyridine rings is 1. The van der Waals surface area contributed by atoms with Gasteiger partial charge >= 0.3 is 0 Å². The Hall–Kier alpha value is -3.50. The maximum Gasteiger partial charge on any atom is 0.257 e. The van der Waals surface area contributed by atoms with E-state index in [2.05, 4.69) is 37.5 Å². The number of carbonyl (C=O) groups is 1. The standard InChI is InChI=1S/C25H29N7O3/c1-26-22-11-20(18-13-31(14-9-15(10-14)34-2)23-16(18)5-4-8-27-23)29-24-17(12-28-32(22)24)25(33)30-19-6-7-21(19)35-3/h4-5,8,11-15,19,21,26H,6-7,9-10H2,1-3H3,(H,30,33)/t14-,15+,19-,21-/m0/s1. The lowest BCUT2D eigenvalue weighted by molar-refractivity contribution is 0.00731. The summed E-state index contributed by atoms with van der Waals surface area (Å²) in [5.41, 5.74) is 3.60.